The predicted octanol–water partition coefficient (Wildman–Crippen LogP) is -31.2. The maximum Gasteiger partial charge on any atom is 1.00 e. The number of carbonyl (C=O) groups excluding carboxylic acids is 19. The molecule has 3 N–H and O–H groups in total. The summed E-state index contributed by atoms with van der Waals surface area (Å²) in [6.07, 6.45) is 6.68. The topological polar surface area (TPSA) is 731 Å². The number of carboxylic acid groups (broad SMARTS) is 8. The Morgan fingerprint density at radius 2 is 0.710 bits per heavy atom. The van der Waals surface area contributed by atoms with E-state index in [1.54, 1.807) is 21.0 Å². The smallest absolute Gasteiger partial charge is 0.748 e. The molecular formula is C82H112K2N3Na7O42S2. The second kappa shape index (κ2) is 109. The molecule has 56 heteroatoms. The molecule has 1 saturated carbocycles. The van der Waals surface area contributed by atoms with Crippen LogP contribution in [-0.2, 0) is 144 Å². The maximum atomic E-state index is 11.8. The molecule has 45 nitrogen and oxygen atoms in total. The van der Waals surface area contributed by atoms with Crippen molar-refractivity contribution in [1.82, 2.24) is 15.7 Å². The van der Waals surface area contributed by atoms with Crippen molar-refractivity contribution in [2.45, 2.75) is 139 Å². The van der Waals surface area contributed by atoms with Crippen molar-refractivity contribution >= 4 is 134 Å². The number of rotatable bonds is 40. The van der Waals surface area contributed by atoms with Gasteiger partial charge in [0.25, 0.3) is 10.1 Å². The van der Waals surface area contributed by atoms with E-state index < -0.39 is 162 Å². The summed E-state index contributed by atoms with van der Waals surface area (Å²) >= 11 is 0. The predicted molar refractivity (Wildman–Crippen MR) is 439 cm³/mol. The Labute approximate surface area is 1040 Å². The van der Waals surface area contributed by atoms with Gasteiger partial charge >= 0.3 is 363 Å². The number of benzene rings is 1. The maximum absolute atomic E-state index is 11.8. The largest absolute Gasteiger partial charge is 1.00 e. The summed E-state index contributed by atoms with van der Waals surface area (Å²) in [5, 5.41) is 85.0. The SMILES string of the molecule is C=C(C)C(=O)OCCOC(=O)C1CCCCC1C(=O)[O-].C=C(C)C(=O)OCCOC(=O)CCC(=O)[O-].C=C(C)C(=O)ON(C)C.C=C(C)C(=O)[O-].C=C(C)C(=O)[O-].C=CC(=O)NC(C)(C)CS(=O)(=O)O.C=CC(=O)NC(C)(C)CS(=O)(=O)[O-].C=CC(=O)OCCOC(=O)CCC(=O)[O-].C=CC(=O)OCCOC(=O)c1ccccc1C(=O)[O-].C=CC(=O)[O-].C=CC(=O)[O-].CC.[K+].[K+].[Na+].[Na+].[Na+].[Na+].[Na+].[Na+].[Na+]. The number of nitrogens with zero attached hydrogens (tertiary/aromatic N) is 1. The monoisotopic (exact) mass is 2110 g/mol. The molecule has 138 heavy (non-hydrogen) atoms. The Bertz CT molecular complexity index is 4130. The number of ether oxygens (including phenoxy) is 8. The Morgan fingerprint density at radius 1 is 0.428 bits per heavy atom. The van der Waals surface area contributed by atoms with E-state index in [1.807, 2.05) is 13.8 Å². The molecule has 2 rings (SSSR count). The molecule has 0 heterocycles. The van der Waals surface area contributed by atoms with Gasteiger partial charge in [-0.2, -0.15) is 8.42 Å². The summed E-state index contributed by atoms with van der Waals surface area (Å²) in [5.41, 5.74) is -1.38. The van der Waals surface area contributed by atoms with Gasteiger partial charge in [-0.1, -0.05) is 117 Å². The van der Waals surface area contributed by atoms with Crippen molar-refractivity contribution in [1.29, 1.82) is 0 Å². The average Bonchev–Trinajstić information content (AvgIpc) is 0.858. The molecule has 1 aliphatic rings. The molecule has 1 aromatic carbocycles. The van der Waals surface area contributed by atoms with Gasteiger partial charge in [0, 0.05) is 77.9 Å². The number of carbonyl (C=O) groups is 19. The average molecular weight is 2120 g/mol. The van der Waals surface area contributed by atoms with Gasteiger partial charge < -0.3 is 137 Å². The summed E-state index contributed by atoms with van der Waals surface area (Å²) in [7, 11) is -5.14. The van der Waals surface area contributed by atoms with Gasteiger partial charge in [-0.15, -0.1) is 5.06 Å². The standard InChI is InChI=1S/C14H20O6.C13H12O6.C10H14O6.C9H12O6.2C7H13NO4S.C6H11NO2.2C4H6O2.2C3H4O2.C2H6.2K.7Na/c1-9(2)13(17)19-7-8-20-14(18)11-6-4-3-5-10(11)12(15)16;1-2-11(14)18-7-8-19-13(17)10-6-4-3-5-9(10)12(15)16;1-7(2)10(14)16-6-5-15-9(13)4-3-8(11)12;1-2-8(12)14-5-6-15-9(13)4-3-7(10)11;2*1-4-6(9)8-7(2,3)5-13(10,11)12;1-5(2)6(8)9-7(3)4;2*1-3(2)4(5)6;2*1-2-3(4)5;1-2;;;;;;;;;/h10-11H,1,3-8H2,2H3,(H,15,16);2-6H,1,7-8H2,(H,15,16);1,3-6H2,2H3,(H,11,12);2H,1,3-6H2,(H,10,11);2*4H,1,5H2,2-3H3,(H,8,9)(H,10,11,12);1H2,2-4H3;2*1H2,2H3,(H,5,6);2*2H,1H2,(H,4,5);1-2H3;;;;;;;;;/q;;;;;;;;;;;;9*+1/p-9. The van der Waals surface area contributed by atoms with E-state index in [2.05, 4.69) is 112 Å². The van der Waals surface area contributed by atoms with Crippen molar-refractivity contribution in [3.8, 4) is 0 Å². The third-order valence-corrected chi connectivity index (χ3v) is 14.3. The first kappa shape index (κ1) is 180. The van der Waals surface area contributed by atoms with Crippen LogP contribution in [0.1, 0.15) is 148 Å². The summed E-state index contributed by atoms with van der Waals surface area (Å²) in [6.45, 7) is 51.4. The Hall–Kier alpha value is -3.66. The van der Waals surface area contributed by atoms with E-state index in [0.717, 1.165) is 49.3 Å². The number of amides is 2. The normalized spacial score (nSPS) is 10.6. The summed E-state index contributed by atoms with van der Waals surface area (Å²) in [6, 6.07) is 5.52. The number of hydrogen-bond donors (Lipinski definition) is 3. The Morgan fingerprint density at radius 3 is 0.957 bits per heavy atom. The Balaban J connectivity index is -0.0000000674. The number of esters is 8. The van der Waals surface area contributed by atoms with Crippen LogP contribution in [0.3, 0.4) is 0 Å². The zero-order valence-electron chi connectivity index (χ0n) is 82.9. The van der Waals surface area contributed by atoms with E-state index in [1.165, 1.54) is 84.7 Å². The minimum atomic E-state index is -4.33. The summed E-state index contributed by atoms with van der Waals surface area (Å²) in [4.78, 5) is 204. The van der Waals surface area contributed by atoms with Crippen molar-refractivity contribution in [3.05, 3.63) is 172 Å². The second-order valence-electron chi connectivity index (χ2n) is 25.4. The third-order valence-electron chi connectivity index (χ3n) is 12.1. The van der Waals surface area contributed by atoms with Crippen LogP contribution < -0.4 is 361 Å². The van der Waals surface area contributed by atoms with E-state index in [9.17, 15) is 134 Å². The molecule has 1 aliphatic carbocycles. The van der Waals surface area contributed by atoms with Gasteiger partial charge in [-0.3, -0.25) is 28.5 Å². The fraction of sp³-hybridized carbons (Fsp3) is 0.427. The van der Waals surface area contributed by atoms with E-state index in [4.69, 9.17) is 38.6 Å². The van der Waals surface area contributed by atoms with E-state index >= 15 is 0 Å². The fourth-order valence-electron chi connectivity index (χ4n) is 6.76. The quantitative estimate of drug-likeness (QED) is 0.0104. The zero-order chi connectivity index (χ0) is 103. The minimum Gasteiger partial charge on any atom is -0.748 e. The molecule has 0 saturated heterocycles. The molecule has 2 atom stereocenters. The fourth-order valence-corrected chi connectivity index (χ4v) is 8.70. The van der Waals surface area contributed by atoms with Crippen molar-refractivity contribution < 1.29 is 510 Å². The van der Waals surface area contributed by atoms with Gasteiger partial charge in [0.15, 0.2) is 0 Å². The first-order chi connectivity index (χ1) is 59.2. The van der Waals surface area contributed by atoms with Crippen LogP contribution in [0.5, 0.6) is 0 Å². The zero-order valence-corrected chi connectivity index (χ0v) is 105. The van der Waals surface area contributed by atoms with Crippen LogP contribution in [0.15, 0.2) is 161 Å². The first-order valence-electron chi connectivity index (χ1n) is 36.7. The van der Waals surface area contributed by atoms with Crippen LogP contribution in [0.4, 0.5) is 0 Å². The molecule has 2 unspecified atom stereocenters. The molecule has 728 valence electrons. The third kappa shape index (κ3) is 134. The van der Waals surface area contributed by atoms with Crippen LogP contribution in [0, 0.1) is 11.8 Å². The van der Waals surface area contributed by atoms with Gasteiger partial charge in [-0.05, 0) is 130 Å². The van der Waals surface area contributed by atoms with Gasteiger partial charge in [0.1, 0.15) is 52.9 Å². The molecule has 1 aromatic rings. The number of aromatic carboxylic acids is 1. The molecule has 0 spiro atoms. The van der Waals surface area contributed by atoms with Crippen LogP contribution in [0.2, 0.25) is 0 Å². The minimum absolute atomic E-state index is 0. The Kier molecular flexibility index (Phi) is 142. The molecule has 1 fully saturated rings. The number of aliphatic carboxylic acids is 7. The summed E-state index contributed by atoms with van der Waals surface area (Å²) < 4.78 is 98.0. The molecule has 0 bridgehead atoms. The first-order valence-corrected chi connectivity index (χ1v) is 39.9. The van der Waals surface area contributed by atoms with E-state index in [0.29, 0.717) is 18.4 Å². The van der Waals surface area contributed by atoms with E-state index in [-0.39, 0.29) is 428 Å². The van der Waals surface area contributed by atoms with Crippen LogP contribution >= 0.6 is 0 Å². The number of nitrogens with one attached hydrogen (secondary N) is 2. The van der Waals surface area contributed by atoms with Crippen molar-refractivity contribution in [2.75, 3.05) is 78.5 Å². The molecule has 2 amide bonds. The van der Waals surface area contributed by atoms with Gasteiger partial charge in [0.2, 0.25) is 11.8 Å². The molecular weight excluding hydrogens is 2000 g/mol. The molecule has 0 aliphatic heterocycles. The second-order valence-corrected chi connectivity index (χ2v) is 28.3. The van der Waals surface area contributed by atoms with Crippen molar-refractivity contribution in [2.24, 2.45) is 11.8 Å². The van der Waals surface area contributed by atoms with Crippen molar-refractivity contribution in [3.63, 3.8) is 0 Å². The molecule has 0 aromatic heterocycles. The number of carboxylic acids is 8. The van der Waals surface area contributed by atoms with Gasteiger partial charge in [-0.25, -0.2) is 37.2 Å². The van der Waals surface area contributed by atoms with Crippen LogP contribution in [0.25, 0.3) is 0 Å². The van der Waals surface area contributed by atoms with Crippen LogP contribution in [-0.4, -0.2) is 234 Å². The number of hydroxylamine groups is 2. The van der Waals surface area contributed by atoms with Gasteiger partial charge in [0.05, 0.1) is 81.3 Å². The number of hydrogen-bond acceptors (Lipinski definition) is 42. The molecule has 0 radical (unpaired) electrons. The summed E-state index contributed by atoms with van der Waals surface area (Å²) in [5.74, 6) is -19.2.